The van der Waals surface area contributed by atoms with Crippen LogP contribution in [-0.2, 0) is 11.3 Å². The highest BCUT2D eigenvalue weighted by atomic mass is 16.2. The van der Waals surface area contributed by atoms with Crippen LogP contribution in [0, 0.1) is 0 Å². The average molecular weight is 391 g/mol. The Hall–Kier alpha value is -2.96. The maximum atomic E-state index is 13.1. The third kappa shape index (κ3) is 3.05. The van der Waals surface area contributed by atoms with Crippen molar-refractivity contribution in [1.29, 1.82) is 0 Å². The fraction of sp³-hybridized carbons (Fsp3) is 0.455. The minimum atomic E-state index is -0.759. The minimum absolute atomic E-state index is 0.0839. The summed E-state index contributed by atoms with van der Waals surface area (Å²) in [7, 11) is 1.59. The molecule has 2 saturated heterocycles. The Kier molecular flexibility index (Phi) is 4.26. The zero-order chi connectivity index (χ0) is 20.0. The summed E-state index contributed by atoms with van der Waals surface area (Å²) in [6, 6.07) is 11.8. The van der Waals surface area contributed by atoms with E-state index < -0.39 is 5.54 Å². The number of piperidine rings is 1. The van der Waals surface area contributed by atoms with Crippen LogP contribution in [0.4, 0.5) is 10.6 Å². The van der Waals surface area contributed by atoms with Gasteiger partial charge in [0.25, 0.3) is 5.91 Å². The zero-order valence-electron chi connectivity index (χ0n) is 16.6. The van der Waals surface area contributed by atoms with E-state index >= 15 is 0 Å². The lowest BCUT2D eigenvalue weighted by atomic mass is 9.85. The third-order valence-corrected chi connectivity index (χ3v) is 6.50. The molecule has 29 heavy (non-hydrogen) atoms. The summed E-state index contributed by atoms with van der Waals surface area (Å²) in [4.78, 5) is 40.1. The van der Waals surface area contributed by atoms with Crippen LogP contribution in [0.2, 0.25) is 0 Å². The van der Waals surface area contributed by atoms with E-state index in [1.807, 2.05) is 30.3 Å². The van der Waals surface area contributed by atoms with Crippen molar-refractivity contribution in [3.05, 3.63) is 54.0 Å². The van der Waals surface area contributed by atoms with Crippen LogP contribution >= 0.6 is 0 Å². The molecule has 3 heterocycles. The van der Waals surface area contributed by atoms with Gasteiger partial charge in [-0.25, -0.2) is 14.8 Å². The van der Waals surface area contributed by atoms with Crippen LogP contribution in [0.3, 0.4) is 0 Å². The second-order valence-corrected chi connectivity index (χ2v) is 8.31. The van der Waals surface area contributed by atoms with E-state index in [0.29, 0.717) is 38.4 Å². The van der Waals surface area contributed by atoms with Gasteiger partial charge in [-0.3, -0.25) is 9.69 Å². The molecule has 5 rings (SSSR count). The van der Waals surface area contributed by atoms with E-state index in [1.165, 1.54) is 17.7 Å². The Morgan fingerprint density at radius 1 is 1.07 bits per heavy atom. The van der Waals surface area contributed by atoms with Crippen LogP contribution in [0.25, 0.3) is 0 Å². The van der Waals surface area contributed by atoms with Gasteiger partial charge in [-0.2, -0.15) is 0 Å². The van der Waals surface area contributed by atoms with Crippen LogP contribution in [-0.4, -0.2) is 57.4 Å². The normalized spacial score (nSPS) is 21.3. The average Bonchev–Trinajstić information content (AvgIpc) is 3.60. The Morgan fingerprint density at radius 2 is 1.79 bits per heavy atom. The monoisotopic (exact) mass is 391 g/mol. The second-order valence-electron chi connectivity index (χ2n) is 8.31. The fourth-order valence-corrected chi connectivity index (χ4v) is 4.59. The topological polar surface area (TPSA) is 69.6 Å². The first kappa shape index (κ1) is 18.1. The molecule has 1 aliphatic carbocycles. The van der Waals surface area contributed by atoms with Gasteiger partial charge in [0, 0.05) is 44.4 Å². The number of rotatable bonds is 4. The summed E-state index contributed by atoms with van der Waals surface area (Å²) in [6.45, 7) is 1.84. The van der Waals surface area contributed by atoms with Gasteiger partial charge in [-0.1, -0.05) is 30.3 Å². The molecule has 3 amide bonds. The van der Waals surface area contributed by atoms with Crippen molar-refractivity contribution < 1.29 is 9.59 Å². The highest BCUT2D eigenvalue weighted by Crippen LogP contribution is 2.41. The van der Waals surface area contributed by atoms with E-state index in [-0.39, 0.29) is 11.9 Å². The van der Waals surface area contributed by atoms with Crippen molar-refractivity contribution >= 4 is 17.8 Å². The summed E-state index contributed by atoms with van der Waals surface area (Å²) >= 11 is 0. The maximum absolute atomic E-state index is 13.1. The van der Waals surface area contributed by atoms with Gasteiger partial charge in [0.05, 0.1) is 0 Å². The number of anilines is 1. The van der Waals surface area contributed by atoms with E-state index in [4.69, 9.17) is 0 Å². The SMILES string of the molecule is CN1C(=O)N(Cc2ccccc2)C2(CCN(c3cc(C4CC4)ncn3)CC2)C1=O. The molecule has 1 aromatic heterocycles. The number of imide groups is 1. The predicted octanol–water partition coefficient (Wildman–Crippen LogP) is 2.79. The van der Waals surface area contributed by atoms with Crippen molar-refractivity contribution in [2.75, 3.05) is 25.0 Å². The van der Waals surface area contributed by atoms with E-state index in [9.17, 15) is 9.59 Å². The second kappa shape index (κ2) is 6.83. The first-order chi connectivity index (χ1) is 14.1. The molecule has 2 aliphatic heterocycles. The lowest BCUT2D eigenvalue weighted by Gasteiger charge is -2.42. The zero-order valence-corrected chi connectivity index (χ0v) is 16.6. The predicted molar refractivity (Wildman–Crippen MR) is 108 cm³/mol. The number of carbonyl (C=O) groups is 2. The highest BCUT2D eigenvalue weighted by molar-refractivity contribution is 6.06. The van der Waals surface area contributed by atoms with Gasteiger partial charge in [0.2, 0.25) is 0 Å². The number of carbonyl (C=O) groups excluding carboxylic acids is 2. The molecule has 3 fully saturated rings. The van der Waals surface area contributed by atoms with Gasteiger partial charge >= 0.3 is 6.03 Å². The molecule has 1 saturated carbocycles. The Bertz CT molecular complexity index is 935. The molecule has 2 aromatic rings. The molecule has 0 radical (unpaired) electrons. The molecule has 0 bridgehead atoms. The number of amides is 3. The highest BCUT2D eigenvalue weighted by Gasteiger charge is 2.56. The molecule has 7 nitrogen and oxygen atoms in total. The molecule has 1 aromatic carbocycles. The quantitative estimate of drug-likeness (QED) is 0.750. The Labute approximate surface area is 170 Å². The van der Waals surface area contributed by atoms with Crippen LogP contribution in [0.15, 0.2) is 42.7 Å². The minimum Gasteiger partial charge on any atom is -0.356 e. The molecule has 0 atom stereocenters. The van der Waals surface area contributed by atoms with E-state index in [2.05, 4.69) is 20.9 Å². The van der Waals surface area contributed by atoms with Gasteiger partial charge < -0.3 is 9.80 Å². The Morgan fingerprint density at radius 3 is 2.48 bits per heavy atom. The van der Waals surface area contributed by atoms with Gasteiger partial charge in [-0.15, -0.1) is 0 Å². The summed E-state index contributed by atoms with van der Waals surface area (Å²) in [6.07, 6.45) is 5.27. The third-order valence-electron chi connectivity index (χ3n) is 6.50. The largest absolute Gasteiger partial charge is 0.356 e. The maximum Gasteiger partial charge on any atom is 0.327 e. The van der Waals surface area contributed by atoms with Crippen molar-refractivity contribution in [2.45, 2.75) is 43.7 Å². The number of nitrogens with zero attached hydrogens (tertiary/aromatic N) is 5. The Balaban J connectivity index is 1.37. The standard InChI is InChI=1S/C22H25N5O2/c1-25-20(28)22(27(21(25)29)14-16-5-3-2-4-6-16)9-11-26(12-10-22)19-13-18(17-7-8-17)23-15-24-19/h2-6,13,15,17H,7-12,14H2,1H3. The number of likely N-dealkylation sites (N-methyl/N-ethyl adjacent to an activating group) is 1. The number of benzene rings is 1. The summed E-state index contributed by atoms with van der Waals surface area (Å²) in [5, 5.41) is 0. The summed E-state index contributed by atoms with van der Waals surface area (Å²) < 4.78 is 0. The molecule has 7 heteroatoms. The molecule has 1 spiro atoms. The number of hydrogen-bond donors (Lipinski definition) is 0. The molecule has 150 valence electrons. The van der Waals surface area contributed by atoms with Crippen LogP contribution in [0.5, 0.6) is 0 Å². The number of urea groups is 1. The molecular weight excluding hydrogens is 366 g/mol. The molecule has 0 unspecified atom stereocenters. The van der Waals surface area contributed by atoms with E-state index in [1.54, 1.807) is 18.3 Å². The smallest absolute Gasteiger partial charge is 0.327 e. The van der Waals surface area contributed by atoms with Crippen molar-refractivity contribution in [1.82, 2.24) is 19.8 Å². The van der Waals surface area contributed by atoms with Crippen molar-refractivity contribution in [3.8, 4) is 0 Å². The van der Waals surface area contributed by atoms with Crippen LogP contribution < -0.4 is 4.90 Å². The van der Waals surface area contributed by atoms with Crippen molar-refractivity contribution in [2.24, 2.45) is 0 Å². The number of hydrogen-bond acceptors (Lipinski definition) is 5. The van der Waals surface area contributed by atoms with Gasteiger partial charge in [0.15, 0.2) is 0 Å². The summed E-state index contributed by atoms with van der Waals surface area (Å²) in [5.74, 6) is 1.42. The van der Waals surface area contributed by atoms with E-state index in [0.717, 1.165) is 17.1 Å². The lowest BCUT2D eigenvalue weighted by molar-refractivity contribution is -0.133. The van der Waals surface area contributed by atoms with Gasteiger partial charge in [-0.05, 0) is 31.2 Å². The molecular formula is C22H25N5O2. The molecule has 0 N–H and O–H groups in total. The first-order valence-corrected chi connectivity index (χ1v) is 10.3. The first-order valence-electron chi connectivity index (χ1n) is 10.3. The fourth-order valence-electron chi connectivity index (χ4n) is 4.59. The van der Waals surface area contributed by atoms with Crippen LogP contribution in [0.1, 0.15) is 42.9 Å². The molecule has 3 aliphatic rings. The summed E-state index contributed by atoms with van der Waals surface area (Å²) in [5.41, 5.74) is 1.40. The van der Waals surface area contributed by atoms with Gasteiger partial charge in [0.1, 0.15) is 17.7 Å². The number of aromatic nitrogens is 2. The lowest BCUT2D eigenvalue weighted by Crippen LogP contribution is -2.56. The van der Waals surface area contributed by atoms with Crippen molar-refractivity contribution in [3.63, 3.8) is 0 Å².